The van der Waals surface area contributed by atoms with Crippen molar-refractivity contribution in [3.63, 3.8) is 0 Å². The van der Waals surface area contributed by atoms with Gasteiger partial charge in [0.25, 0.3) is 0 Å². The number of carbonyl (C=O) groups is 1. The summed E-state index contributed by atoms with van der Waals surface area (Å²) in [6.45, 7) is 1.53. The van der Waals surface area contributed by atoms with Crippen molar-refractivity contribution in [2.75, 3.05) is 6.61 Å². The molecule has 0 saturated carbocycles. The lowest BCUT2D eigenvalue weighted by molar-refractivity contribution is -0.388. The minimum absolute atomic E-state index is 0.0987. The Hall–Kier alpha value is -1.67. The first-order valence-electron chi connectivity index (χ1n) is 4.61. The fourth-order valence-electron chi connectivity index (χ4n) is 1.01. The maximum atomic E-state index is 10.8. The van der Waals surface area contributed by atoms with E-state index in [4.69, 9.17) is 10.2 Å². The Kier molecular flexibility index (Phi) is 4.41. The van der Waals surface area contributed by atoms with E-state index in [0.29, 0.717) is 0 Å². The van der Waals surface area contributed by atoms with Gasteiger partial charge in [0, 0.05) is 17.5 Å². The third kappa shape index (κ3) is 3.40. The van der Waals surface area contributed by atoms with Crippen molar-refractivity contribution in [3.8, 4) is 0 Å². The van der Waals surface area contributed by atoms with Crippen LogP contribution in [0.2, 0.25) is 0 Å². The molecule has 0 aromatic carbocycles. The quantitative estimate of drug-likeness (QED) is 0.462. The van der Waals surface area contributed by atoms with Gasteiger partial charge in [-0.25, -0.2) is 9.78 Å². The number of aromatic nitrogens is 1. The number of nitrogens with zero attached hydrogens (tertiary/aromatic N) is 2. The molecule has 0 aliphatic rings. The van der Waals surface area contributed by atoms with Crippen LogP contribution in [-0.2, 0) is 0 Å². The topological polar surface area (TPSA) is 114 Å². The predicted molar refractivity (Wildman–Crippen MR) is 60.3 cm³/mol. The Balaban J connectivity index is 3.13. The van der Waals surface area contributed by atoms with Gasteiger partial charge in [-0.15, -0.1) is 0 Å². The second-order valence-corrected chi connectivity index (χ2v) is 4.65. The zero-order chi connectivity index (χ0) is 13.0. The number of nitro groups is 1. The molecule has 0 bridgehead atoms. The van der Waals surface area contributed by atoms with Gasteiger partial charge in [-0.3, -0.25) is 10.1 Å². The van der Waals surface area contributed by atoms with Crippen LogP contribution in [0.3, 0.4) is 0 Å². The van der Waals surface area contributed by atoms with Crippen LogP contribution < -0.4 is 0 Å². The molecule has 0 spiro atoms. The third-order valence-corrected chi connectivity index (χ3v) is 2.94. The van der Waals surface area contributed by atoms with Crippen molar-refractivity contribution in [1.29, 1.82) is 0 Å². The largest absolute Gasteiger partial charge is 0.478 e. The fourth-order valence-corrected chi connectivity index (χ4v) is 1.83. The molecule has 0 fully saturated rings. The number of hydrogen-bond donors (Lipinski definition) is 2. The molecule has 92 valence electrons. The van der Waals surface area contributed by atoms with Crippen molar-refractivity contribution < 1.29 is 19.9 Å². The molecule has 0 aliphatic heterocycles. The van der Waals surface area contributed by atoms with E-state index >= 15 is 0 Å². The van der Waals surface area contributed by atoms with Gasteiger partial charge < -0.3 is 10.2 Å². The Morgan fingerprint density at radius 2 is 2.35 bits per heavy atom. The maximum absolute atomic E-state index is 10.8. The van der Waals surface area contributed by atoms with Gasteiger partial charge in [0.15, 0.2) is 5.03 Å². The summed E-state index contributed by atoms with van der Waals surface area (Å²) >= 11 is 1.02. The first-order valence-corrected chi connectivity index (χ1v) is 5.49. The van der Waals surface area contributed by atoms with E-state index < -0.39 is 10.9 Å². The van der Waals surface area contributed by atoms with Crippen molar-refractivity contribution >= 4 is 23.4 Å². The van der Waals surface area contributed by atoms with Crippen LogP contribution in [-0.4, -0.2) is 37.9 Å². The van der Waals surface area contributed by atoms with Gasteiger partial charge >= 0.3 is 11.7 Å². The number of rotatable bonds is 5. The monoisotopic (exact) mass is 258 g/mol. The molecule has 2 N–H and O–H groups in total. The van der Waals surface area contributed by atoms with E-state index in [1.807, 2.05) is 0 Å². The molecule has 1 rings (SSSR count). The second-order valence-electron chi connectivity index (χ2n) is 3.22. The van der Waals surface area contributed by atoms with Crippen molar-refractivity contribution in [2.24, 2.45) is 0 Å². The van der Waals surface area contributed by atoms with Crippen LogP contribution in [0, 0.1) is 10.1 Å². The summed E-state index contributed by atoms with van der Waals surface area (Å²) in [5.41, 5.74) is -0.604. The molecule has 0 amide bonds. The Morgan fingerprint density at radius 1 is 1.71 bits per heavy atom. The number of carboxylic acids is 1. The van der Waals surface area contributed by atoms with Crippen molar-refractivity contribution in [3.05, 3.63) is 27.9 Å². The highest BCUT2D eigenvalue weighted by molar-refractivity contribution is 8.00. The van der Waals surface area contributed by atoms with Gasteiger partial charge in [-0.05, 0) is 0 Å². The summed E-state index contributed by atoms with van der Waals surface area (Å²) < 4.78 is 0. The average molecular weight is 258 g/mol. The van der Waals surface area contributed by atoms with Crippen LogP contribution in [0.25, 0.3) is 0 Å². The molecule has 1 aromatic heterocycles. The van der Waals surface area contributed by atoms with Gasteiger partial charge in [0.05, 0.1) is 17.1 Å². The minimum Gasteiger partial charge on any atom is -0.478 e. The Labute approximate surface area is 101 Å². The molecule has 0 radical (unpaired) electrons. The first kappa shape index (κ1) is 13.4. The molecule has 1 atom stereocenters. The predicted octanol–water partition coefficient (Wildman–Crippen LogP) is 1.16. The summed E-state index contributed by atoms with van der Waals surface area (Å²) in [7, 11) is 0. The van der Waals surface area contributed by atoms with Gasteiger partial charge in [-0.1, -0.05) is 18.7 Å². The standard InChI is InChI=1S/C9H10N2O5S/c1-5(4-12)17-8-7(11(15)16)2-6(3-10-8)9(13)14/h2-3,5,12H,4H2,1H3,(H,13,14). The molecular formula is C9H10N2O5S. The summed E-state index contributed by atoms with van der Waals surface area (Å²) in [4.78, 5) is 24.5. The number of thioether (sulfide) groups is 1. The number of pyridine rings is 1. The number of aromatic carboxylic acids is 1. The number of carboxylic acid groups (broad SMARTS) is 1. The van der Waals surface area contributed by atoms with E-state index in [1.165, 1.54) is 0 Å². The normalized spacial score (nSPS) is 12.1. The van der Waals surface area contributed by atoms with Crippen molar-refractivity contribution in [1.82, 2.24) is 4.98 Å². The van der Waals surface area contributed by atoms with Gasteiger partial charge in [0.2, 0.25) is 0 Å². The van der Waals surface area contributed by atoms with Crippen molar-refractivity contribution in [2.45, 2.75) is 17.2 Å². The highest BCUT2D eigenvalue weighted by Crippen LogP contribution is 2.30. The Morgan fingerprint density at radius 3 is 2.82 bits per heavy atom. The van der Waals surface area contributed by atoms with Crippen LogP contribution >= 0.6 is 11.8 Å². The SMILES string of the molecule is CC(CO)Sc1ncc(C(=O)O)cc1[N+](=O)[O-]. The summed E-state index contributed by atoms with van der Waals surface area (Å²) in [5, 5.41) is 28.2. The van der Waals surface area contributed by atoms with Gasteiger partial charge in [0.1, 0.15) is 0 Å². The molecule has 1 unspecified atom stereocenters. The first-order chi connectivity index (χ1) is 7.95. The van der Waals surface area contributed by atoms with E-state index in [2.05, 4.69) is 4.98 Å². The van der Waals surface area contributed by atoms with E-state index in [1.54, 1.807) is 6.92 Å². The number of hydrogen-bond acceptors (Lipinski definition) is 6. The molecule has 17 heavy (non-hydrogen) atoms. The van der Waals surface area contributed by atoms with E-state index in [9.17, 15) is 14.9 Å². The zero-order valence-electron chi connectivity index (χ0n) is 8.86. The van der Waals surface area contributed by atoms with Crippen LogP contribution in [0.4, 0.5) is 5.69 Å². The lowest BCUT2D eigenvalue weighted by atomic mass is 10.3. The summed E-state index contributed by atoms with van der Waals surface area (Å²) in [5.74, 6) is -1.27. The molecule has 0 saturated heterocycles. The second kappa shape index (κ2) is 5.60. The van der Waals surface area contributed by atoms with Crippen LogP contribution in [0.5, 0.6) is 0 Å². The summed E-state index contributed by atoms with van der Waals surface area (Å²) in [6.07, 6.45) is 1.06. The lowest BCUT2D eigenvalue weighted by Gasteiger charge is -2.07. The molecule has 1 heterocycles. The Bertz CT molecular complexity index is 451. The lowest BCUT2D eigenvalue weighted by Crippen LogP contribution is -2.06. The van der Waals surface area contributed by atoms with E-state index in [0.717, 1.165) is 24.0 Å². The summed E-state index contributed by atoms with van der Waals surface area (Å²) in [6, 6.07) is 0.960. The number of aliphatic hydroxyl groups excluding tert-OH is 1. The van der Waals surface area contributed by atoms with Crippen LogP contribution in [0.1, 0.15) is 17.3 Å². The fraction of sp³-hybridized carbons (Fsp3) is 0.333. The molecular weight excluding hydrogens is 248 g/mol. The molecule has 8 heteroatoms. The number of aliphatic hydroxyl groups is 1. The molecule has 0 aliphatic carbocycles. The third-order valence-electron chi connectivity index (χ3n) is 1.85. The highest BCUT2D eigenvalue weighted by Gasteiger charge is 2.20. The molecule has 1 aromatic rings. The smallest absolute Gasteiger partial charge is 0.337 e. The highest BCUT2D eigenvalue weighted by atomic mass is 32.2. The average Bonchev–Trinajstić information content (AvgIpc) is 2.28. The molecule has 7 nitrogen and oxygen atoms in total. The van der Waals surface area contributed by atoms with Gasteiger partial charge in [-0.2, -0.15) is 0 Å². The van der Waals surface area contributed by atoms with E-state index in [-0.39, 0.29) is 28.1 Å². The zero-order valence-corrected chi connectivity index (χ0v) is 9.68. The minimum atomic E-state index is -1.27. The van der Waals surface area contributed by atoms with Crippen LogP contribution in [0.15, 0.2) is 17.3 Å². The maximum Gasteiger partial charge on any atom is 0.337 e.